The highest BCUT2D eigenvalue weighted by Crippen LogP contribution is 2.15. The minimum absolute atomic E-state index is 0.139. The minimum Gasteiger partial charge on any atom is -0.479 e. The average molecular weight is 316 g/mol. The first-order valence-electron chi connectivity index (χ1n) is 6.66. The molecule has 0 heterocycles. The van der Waals surface area contributed by atoms with Crippen LogP contribution in [-0.4, -0.2) is 12.1 Å². The lowest BCUT2D eigenvalue weighted by molar-refractivity contribution is -0.152. The summed E-state index contributed by atoms with van der Waals surface area (Å²) in [6.07, 6.45) is -0.743. The summed E-state index contributed by atoms with van der Waals surface area (Å²) < 4.78 is 10.7. The Morgan fingerprint density at radius 2 is 2.00 bits per heavy atom. The van der Waals surface area contributed by atoms with E-state index in [0.717, 1.165) is 5.56 Å². The number of esters is 1. The molecule has 2 aromatic rings. The van der Waals surface area contributed by atoms with Crippen LogP contribution < -0.4 is 4.74 Å². The van der Waals surface area contributed by atoms with E-state index in [1.165, 1.54) is 0 Å². The minimum atomic E-state index is -0.743. The van der Waals surface area contributed by atoms with Gasteiger partial charge in [0.05, 0.1) is 11.6 Å². The van der Waals surface area contributed by atoms with E-state index < -0.39 is 12.1 Å². The molecule has 0 N–H and O–H groups in total. The quantitative estimate of drug-likeness (QED) is 0.789. The molecular formula is C17H14ClNO3. The molecule has 0 saturated carbocycles. The van der Waals surface area contributed by atoms with Crippen LogP contribution in [0.1, 0.15) is 18.1 Å². The Bertz CT molecular complexity index is 692. The van der Waals surface area contributed by atoms with Gasteiger partial charge in [-0.1, -0.05) is 23.7 Å². The SMILES string of the molecule is C[C@@H](Oc1ccc(C#N)cc1)C(=O)OCc1cccc(Cl)c1. The van der Waals surface area contributed by atoms with Crippen molar-refractivity contribution in [3.63, 3.8) is 0 Å². The van der Waals surface area contributed by atoms with E-state index in [1.54, 1.807) is 49.4 Å². The molecule has 0 saturated heterocycles. The topological polar surface area (TPSA) is 59.3 Å². The molecule has 112 valence electrons. The van der Waals surface area contributed by atoms with Crippen molar-refractivity contribution in [2.45, 2.75) is 19.6 Å². The summed E-state index contributed by atoms with van der Waals surface area (Å²) in [5.74, 6) is 0.0375. The van der Waals surface area contributed by atoms with Gasteiger partial charge in [0.15, 0.2) is 6.10 Å². The number of ether oxygens (including phenoxy) is 2. The number of hydrogen-bond donors (Lipinski definition) is 0. The molecule has 0 unspecified atom stereocenters. The normalized spacial score (nSPS) is 11.3. The molecule has 0 aliphatic carbocycles. The number of carbonyl (C=O) groups excluding carboxylic acids is 1. The van der Waals surface area contributed by atoms with Crippen molar-refractivity contribution in [2.75, 3.05) is 0 Å². The highest BCUT2D eigenvalue weighted by molar-refractivity contribution is 6.30. The number of nitrogens with zero attached hydrogens (tertiary/aromatic N) is 1. The first-order chi connectivity index (χ1) is 10.6. The Morgan fingerprint density at radius 3 is 2.64 bits per heavy atom. The van der Waals surface area contributed by atoms with Crippen molar-refractivity contribution in [3.8, 4) is 11.8 Å². The third-order valence-corrected chi connectivity index (χ3v) is 3.13. The Balaban J connectivity index is 1.87. The highest BCUT2D eigenvalue weighted by atomic mass is 35.5. The second kappa shape index (κ2) is 7.48. The Labute approximate surface area is 133 Å². The zero-order valence-corrected chi connectivity index (χ0v) is 12.7. The van der Waals surface area contributed by atoms with Gasteiger partial charge in [0.1, 0.15) is 12.4 Å². The van der Waals surface area contributed by atoms with Gasteiger partial charge in [0, 0.05) is 5.02 Å². The van der Waals surface area contributed by atoms with E-state index in [2.05, 4.69) is 0 Å². The van der Waals surface area contributed by atoms with Gasteiger partial charge in [-0.15, -0.1) is 0 Å². The van der Waals surface area contributed by atoms with Crippen LogP contribution in [-0.2, 0) is 16.1 Å². The third kappa shape index (κ3) is 4.51. The fourth-order valence-electron chi connectivity index (χ4n) is 1.76. The van der Waals surface area contributed by atoms with E-state index in [1.807, 2.05) is 12.1 Å². The highest BCUT2D eigenvalue weighted by Gasteiger charge is 2.16. The molecule has 5 heteroatoms. The monoisotopic (exact) mass is 315 g/mol. The number of carbonyl (C=O) groups is 1. The lowest BCUT2D eigenvalue weighted by Gasteiger charge is -2.14. The maximum Gasteiger partial charge on any atom is 0.347 e. The molecule has 0 fully saturated rings. The standard InChI is InChI=1S/C17H14ClNO3/c1-12(22-16-7-5-13(10-19)6-8-16)17(20)21-11-14-3-2-4-15(18)9-14/h2-9,12H,11H2,1H3/t12-/m1/s1. The van der Waals surface area contributed by atoms with Crippen LogP contribution in [0.25, 0.3) is 0 Å². The third-order valence-electron chi connectivity index (χ3n) is 2.90. The molecule has 0 aliphatic rings. The molecular weight excluding hydrogens is 302 g/mol. The Hall–Kier alpha value is -2.51. The van der Waals surface area contributed by atoms with Crippen molar-refractivity contribution in [1.82, 2.24) is 0 Å². The number of hydrogen-bond acceptors (Lipinski definition) is 4. The van der Waals surface area contributed by atoms with Gasteiger partial charge in [0.2, 0.25) is 0 Å². The number of benzene rings is 2. The molecule has 0 aromatic heterocycles. The van der Waals surface area contributed by atoms with Crippen LogP contribution in [0.15, 0.2) is 48.5 Å². The van der Waals surface area contributed by atoms with E-state index in [-0.39, 0.29) is 6.61 Å². The molecule has 4 nitrogen and oxygen atoms in total. The van der Waals surface area contributed by atoms with Crippen LogP contribution >= 0.6 is 11.6 Å². The lowest BCUT2D eigenvalue weighted by atomic mass is 10.2. The number of nitriles is 1. The van der Waals surface area contributed by atoms with E-state index in [0.29, 0.717) is 16.3 Å². The maximum absolute atomic E-state index is 11.9. The van der Waals surface area contributed by atoms with E-state index in [4.69, 9.17) is 26.3 Å². The van der Waals surface area contributed by atoms with Gasteiger partial charge in [-0.3, -0.25) is 0 Å². The molecule has 0 radical (unpaired) electrons. The predicted octanol–water partition coefficient (Wildman–Crippen LogP) is 3.72. The first kappa shape index (κ1) is 15.9. The summed E-state index contributed by atoms with van der Waals surface area (Å²) >= 11 is 5.87. The number of halogens is 1. The molecule has 0 spiro atoms. The van der Waals surface area contributed by atoms with Crippen LogP contribution in [0.5, 0.6) is 5.75 Å². The largest absolute Gasteiger partial charge is 0.479 e. The summed E-state index contributed by atoms with van der Waals surface area (Å²) in [7, 11) is 0. The molecule has 2 rings (SSSR count). The molecule has 1 atom stereocenters. The Kier molecular flexibility index (Phi) is 5.40. The smallest absolute Gasteiger partial charge is 0.347 e. The van der Waals surface area contributed by atoms with Gasteiger partial charge >= 0.3 is 5.97 Å². The molecule has 22 heavy (non-hydrogen) atoms. The fraction of sp³-hybridized carbons (Fsp3) is 0.176. The van der Waals surface area contributed by atoms with E-state index in [9.17, 15) is 4.79 Å². The van der Waals surface area contributed by atoms with Crippen molar-refractivity contribution in [1.29, 1.82) is 5.26 Å². The summed E-state index contributed by atoms with van der Waals surface area (Å²) in [5, 5.41) is 9.31. The maximum atomic E-state index is 11.9. The van der Waals surface area contributed by atoms with Gasteiger partial charge in [0.25, 0.3) is 0 Å². The second-order valence-electron chi connectivity index (χ2n) is 4.63. The van der Waals surface area contributed by atoms with E-state index >= 15 is 0 Å². The van der Waals surface area contributed by atoms with Crippen LogP contribution in [0, 0.1) is 11.3 Å². The van der Waals surface area contributed by atoms with Gasteiger partial charge in [-0.2, -0.15) is 5.26 Å². The zero-order valence-electron chi connectivity index (χ0n) is 12.0. The van der Waals surface area contributed by atoms with Crippen molar-refractivity contribution in [2.24, 2.45) is 0 Å². The summed E-state index contributed by atoms with van der Waals surface area (Å²) in [5.41, 5.74) is 1.34. The van der Waals surface area contributed by atoms with Gasteiger partial charge in [-0.05, 0) is 48.9 Å². The summed E-state index contributed by atoms with van der Waals surface area (Å²) in [6, 6.07) is 15.6. The number of rotatable bonds is 5. The average Bonchev–Trinajstić information content (AvgIpc) is 2.53. The van der Waals surface area contributed by atoms with Gasteiger partial charge < -0.3 is 9.47 Å². The zero-order chi connectivity index (χ0) is 15.9. The second-order valence-corrected chi connectivity index (χ2v) is 5.07. The van der Waals surface area contributed by atoms with Gasteiger partial charge in [-0.25, -0.2) is 4.79 Å². The van der Waals surface area contributed by atoms with Crippen molar-refractivity contribution >= 4 is 17.6 Å². The Morgan fingerprint density at radius 1 is 1.27 bits per heavy atom. The summed E-state index contributed by atoms with van der Waals surface area (Å²) in [4.78, 5) is 11.9. The van der Waals surface area contributed by atoms with Crippen LogP contribution in [0.4, 0.5) is 0 Å². The molecule has 2 aromatic carbocycles. The molecule has 0 amide bonds. The molecule has 0 aliphatic heterocycles. The van der Waals surface area contributed by atoms with Crippen LogP contribution in [0.3, 0.4) is 0 Å². The lowest BCUT2D eigenvalue weighted by Crippen LogP contribution is -2.26. The predicted molar refractivity (Wildman–Crippen MR) is 82.5 cm³/mol. The van der Waals surface area contributed by atoms with Crippen molar-refractivity contribution < 1.29 is 14.3 Å². The first-order valence-corrected chi connectivity index (χ1v) is 7.04. The molecule has 0 bridgehead atoms. The van der Waals surface area contributed by atoms with Crippen molar-refractivity contribution in [3.05, 3.63) is 64.7 Å². The van der Waals surface area contributed by atoms with Crippen LogP contribution in [0.2, 0.25) is 5.02 Å². The summed E-state index contributed by atoms with van der Waals surface area (Å²) in [6.45, 7) is 1.75. The fourth-order valence-corrected chi connectivity index (χ4v) is 1.97.